The first-order chi connectivity index (χ1) is 11.2. The van der Waals surface area contributed by atoms with Crippen LogP contribution in [0.25, 0.3) is 0 Å². The highest BCUT2D eigenvalue weighted by Crippen LogP contribution is 2.32. The average molecular weight is 355 g/mol. The summed E-state index contributed by atoms with van der Waals surface area (Å²) in [5.41, 5.74) is -0.603. The summed E-state index contributed by atoms with van der Waals surface area (Å²) < 4.78 is 38.2. The second kappa shape index (κ2) is 6.96. The minimum absolute atomic E-state index is 0.0254. The van der Waals surface area contributed by atoms with E-state index in [-0.39, 0.29) is 16.8 Å². The summed E-state index contributed by atoms with van der Waals surface area (Å²) in [6.45, 7) is 0. The van der Waals surface area contributed by atoms with E-state index >= 15 is 0 Å². The van der Waals surface area contributed by atoms with Crippen molar-refractivity contribution < 1.29 is 27.9 Å². The third kappa shape index (κ3) is 4.29. The maximum absolute atomic E-state index is 12.7. The highest BCUT2D eigenvalue weighted by molar-refractivity contribution is 7.81. The van der Waals surface area contributed by atoms with Gasteiger partial charge in [-0.3, -0.25) is 4.79 Å². The summed E-state index contributed by atoms with van der Waals surface area (Å²) in [6.07, 6.45) is -4.52. The van der Waals surface area contributed by atoms with E-state index in [0.29, 0.717) is 0 Å². The molecular formula is C16H12F3NO3S. The van der Waals surface area contributed by atoms with E-state index in [1.807, 2.05) is 0 Å². The van der Waals surface area contributed by atoms with Crippen LogP contribution < -0.4 is 5.32 Å². The maximum Gasteiger partial charge on any atom is 0.416 e. The molecule has 0 radical (unpaired) electrons. The van der Waals surface area contributed by atoms with Gasteiger partial charge in [0.25, 0.3) is 0 Å². The lowest BCUT2D eigenvalue weighted by Gasteiger charge is -2.14. The zero-order chi connectivity index (χ0) is 17.9. The quantitative estimate of drug-likeness (QED) is 0.726. The van der Waals surface area contributed by atoms with Gasteiger partial charge in [-0.05, 0) is 29.8 Å². The topological polar surface area (TPSA) is 66.4 Å². The Hall–Kier alpha value is -2.48. The summed E-state index contributed by atoms with van der Waals surface area (Å²) in [5, 5.41) is 10.2. The molecule has 8 heteroatoms. The van der Waals surface area contributed by atoms with Crippen LogP contribution in [-0.4, -0.2) is 17.0 Å². The number of carboxylic acid groups (broad SMARTS) is 1. The Labute approximate surface area is 140 Å². The third-order valence-electron chi connectivity index (χ3n) is 3.16. The standard InChI is InChI=1S/C16H12F3NO3S/c17-16(18,19)11-5-1-3-9(7-11)13(24)14(21)20-12-6-2-4-10(8-12)15(22)23/h1-8,13,24H,(H,20,21)(H,22,23). The molecule has 4 nitrogen and oxygen atoms in total. The number of nitrogens with one attached hydrogen (secondary N) is 1. The Kier molecular flexibility index (Phi) is 5.18. The molecule has 0 saturated heterocycles. The number of halogens is 3. The molecule has 0 bridgehead atoms. The van der Waals surface area contributed by atoms with Crippen LogP contribution in [0, 0.1) is 0 Å². The molecule has 0 aliphatic rings. The second-order valence-corrected chi connectivity index (χ2v) is 5.42. The lowest BCUT2D eigenvalue weighted by molar-refractivity contribution is -0.137. The number of carboxylic acids is 1. The van der Waals surface area contributed by atoms with Crippen molar-refractivity contribution in [3.05, 3.63) is 65.2 Å². The van der Waals surface area contributed by atoms with Gasteiger partial charge in [-0.1, -0.05) is 24.3 Å². The molecule has 0 aliphatic heterocycles. The van der Waals surface area contributed by atoms with Crippen LogP contribution in [0.4, 0.5) is 18.9 Å². The lowest BCUT2D eigenvalue weighted by Crippen LogP contribution is -2.18. The van der Waals surface area contributed by atoms with Gasteiger partial charge in [-0.15, -0.1) is 0 Å². The van der Waals surface area contributed by atoms with Gasteiger partial charge in [0.1, 0.15) is 5.25 Å². The van der Waals surface area contributed by atoms with Gasteiger partial charge < -0.3 is 10.4 Å². The number of thiol groups is 1. The third-order valence-corrected chi connectivity index (χ3v) is 3.69. The number of alkyl halides is 3. The minimum Gasteiger partial charge on any atom is -0.478 e. The number of anilines is 1. The lowest BCUT2D eigenvalue weighted by atomic mass is 10.1. The molecule has 2 aromatic carbocycles. The highest BCUT2D eigenvalue weighted by atomic mass is 32.1. The molecule has 126 valence electrons. The molecule has 0 saturated carbocycles. The predicted octanol–water partition coefficient (Wildman–Crippen LogP) is 4.01. The zero-order valence-corrected chi connectivity index (χ0v) is 12.9. The van der Waals surface area contributed by atoms with Crippen molar-refractivity contribution in [2.24, 2.45) is 0 Å². The molecule has 2 rings (SSSR count). The van der Waals surface area contributed by atoms with Crippen LogP contribution >= 0.6 is 12.6 Å². The number of hydrogen-bond acceptors (Lipinski definition) is 3. The van der Waals surface area contributed by atoms with Gasteiger partial charge in [0.2, 0.25) is 5.91 Å². The SMILES string of the molecule is O=C(O)c1cccc(NC(=O)C(S)c2cccc(C(F)(F)F)c2)c1. The van der Waals surface area contributed by atoms with Crippen LogP contribution in [-0.2, 0) is 11.0 Å². The number of amides is 1. The van der Waals surface area contributed by atoms with Crippen molar-refractivity contribution in [2.45, 2.75) is 11.4 Å². The molecule has 1 amide bonds. The second-order valence-electron chi connectivity index (χ2n) is 4.90. The molecule has 2 aromatic rings. The monoisotopic (exact) mass is 355 g/mol. The van der Waals surface area contributed by atoms with E-state index in [1.165, 1.54) is 36.4 Å². The van der Waals surface area contributed by atoms with Gasteiger partial charge in [0, 0.05) is 5.69 Å². The van der Waals surface area contributed by atoms with Crippen molar-refractivity contribution >= 4 is 30.2 Å². The fourth-order valence-corrected chi connectivity index (χ4v) is 2.20. The summed E-state index contributed by atoms with van der Waals surface area (Å²) >= 11 is 4.06. The molecule has 0 fully saturated rings. The number of hydrogen-bond donors (Lipinski definition) is 3. The number of rotatable bonds is 4. The smallest absolute Gasteiger partial charge is 0.416 e. The summed E-state index contributed by atoms with van der Waals surface area (Å²) in [7, 11) is 0. The summed E-state index contributed by atoms with van der Waals surface area (Å²) in [6, 6.07) is 9.81. The van der Waals surface area contributed by atoms with Gasteiger partial charge in [-0.2, -0.15) is 25.8 Å². The average Bonchev–Trinajstić information content (AvgIpc) is 2.53. The predicted molar refractivity (Wildman–Crippen MR) is 85.2 cm³/mol. The molecular weight excluding hydrogens is 343 g/mol. The van der Waals surface area contributed by atoms with E-state index in [4.69, 9.17) is 5.11 Å². The highest BCUT2D eigenvalue weighted by Gasteiger charge is 2.31. The van der Waals surface area contributed by atoms with Gasteiger partial charge in [-0.25, -0.2) is 4.79 Å². The van der Waals surface area contributed by atoms with Crippen LogP contribution in [0.1, 0.15) is 26.7 Å². The van der Waals surface area contributed by atoms with Crippen molar-refractivity contribution in [2.75, 3.05) is 5.32 Å². The molecule has 1 atom stereocenters. The maximum atomic E-state index is 12.7. The van der Waals surface area contributed by atoms with E-state index in [1.54, 1.807) is 0 Å². The summed E-state index contributed by atoms with van der Waals surface area (Å²) in [4.78, 5) is 23.0. The Morgan fingerprint density at radius 3 is 2.38 bits per heavy atom. The molecule has 0 aliphatic carbocycles. The first-order valence-corrected chi connectivity index (χ1v) is 7.19. The molecule has 0 heterocycles. The molecule has 0 aromatic heterocycles. The van der Waals surface area contributed by atoms with Crippen molar-refractivity contribution in [3.8, 4) is 0 Å². The van der Waals surface area contributed by atoms with E-state index in [0.717, 1.165) is 12.1 Å². The fraction of sp³-hybridized carbons (Fsp3) is 0.125. The molecule has 24 heavy (non-hydrogen) atoms. The van der Waals surface area contributed by atoms with Crippen molar-refractivity contribution in [1.82, 2.24) is 0 Å². The Balaban J connectivity index is 2.18. The van der Waals surface area contributed by atoms with Crippen LogP contribution in [0.5, 0.6) is 0 Å². The molecule has 0 spiro atoms. The Morgan fingerprint density at radius 2 is 1.75 bits per heavy atom. The van der Waals surface area contributed by atoms with E-state index < -0.39 is 28.9 Å². The van der Waals surface area contributed by atoms with Crippen molar-refractivity contribution in [1.29, 1.82) is 0 Å². The first kappa shape index (κ1) is 17.9. The van der Waals surface area contributed by atoms with E-state index in [2.05, 4.69) is 17.9 Å². The number of aromatic carboxylic acids is 1. The zero-order valence-electron chi connectivity index (χ0n) is 12.0. The number of carbonyl (C=O) groups excluding carboxylic acids is 1. The normalized spacial score (nSPS) is 12.5. The van der Waals surface area contributed by atoms with Crippen LogP contribution in [0.3, 0.4) is 0 Å². The first-order valence-electron chi connectivity index (χ1n) is 6.68. The fourth-order valence-electron chi connectivity index (χ4n) is 1.98. The Bertz CT molecular complexity index is 777. The molecule has 2 N–H and O–H groups in total. The van der Waals surface area contributed by atoms with Crippen LogP contribution in [0.15, 0.2) is 48.5 Å². The number of benzene rings is 2. The van der Waals surface area contributed by atoms with Crippen LogP contribution in [0.2, 0.25) is 0 Å². The van der Waals surface area contributed by atoms with Gasteiger partial charge in [0.05, 0.1) is 11.1 Å². The number of carbonyl (C=O) groups is 2. The molecule has 1 unspecified atom stereocenters. The van der Waals surface area contributed by atoms with Crippen molar-refractivity contribution in [3.63, 3.8) is 0 Å². The van der Waals surface area contributed by atoms with Gasteiger partial charge in [0.15, 0.2) is 0 Å². The Morgan fingerprint density at radius 1 is 1.08 bits per heavy atom. The summed E-state index contributed by atoms with van der Waals surface area (Å²) in [5.74, 6) is -1.83. The van der Waals surface area contributed by atoms with Gasteiger partial charge >= 0.3 is 12.1 Å². The minimum atomic E-state index is -4.52. The van der Waals surface area contributed by atoms with E-state index in [9.17, 15) is 22.8 Å². The largest absolute Gasteiger partial charge is 0.478 e.